The Balaban J connectivity index is 1.37. The van der Waals surface area contributed by atoms with Crippen LogP contribution in [0.4, 0.5) is 0 Å². The first-order chi connectivity index (χ1) is 13.7. The largest absolute Gasteiger partial charge is 0.395 e. The Labute approximate surface area is 168 Å². The van der Waals surface area contributed by atoms with Crippen LogP contribution >= 0.6 is 0 Å². The van der Waals surface area contributed by atoms with E-state index in [1.807, 2.05) is 12.1 Å². The molecule has 2 aromatic carbocycles. The zero-order valence-electron chi connectivity index (χ0n) is 16.0. The quantitative estimate of drug-likeness (QED) is 0.686. The van der Waals surface area contributed by atoms with Crippen LogP contribution < -0.4 is 0 Å². The summed E-state index contributed by atoms with van der Waals surface area (Å²) in [6, 6.07) is 14.6. The number of benzene rings is 2. The molecule has 1 atom stereocenters. The number of aliphatic hydroxyl groups is 1. The van der Waals surface area contributed by atoms with Gasteiger partial charge in [-0.15, -0.1) is 0 Å². The Bertz CT molecular complexity index is 891. The van der Waals surface area contributed by atoms with Gasteiger partial charge in [0.25, 0.3) is 0 Å². The van der Waals surface area contributed by atoms with Crippen LogP contribution in [0.2, 0.25) is 0 Å². The van der Waals surface area contributed by atoms with Crippen molar-refractivity contribution in [3.8, 4) is 11.1 Å². The van der Waals surface area contributed by atoms with E-state index in [0.717, 1.165) is 25.1 Å². The highest BCUT2D eigenvalue weighted by atomic mass is 32.2. The summed E-state index contributed by atoms with van der Waals surface area (Å²) in [5.41, 5.74) is 6.15. The molecule has 4 rings (SSSR count). The molecule has 0 spiro atoms. The average molecular weight is 399 g/mol. The molecule has 2 aromatic rings. The molecule has 0 saturated carbocycles. The van der Waals surface area contributed by atoms with Gasteiger partial charge < -0.3 is 10.0 Å². The van der Waals surface area contributed by atoms with E-state index >= 15 is 0 Å². The molecule has 28 heavy (non-hydrogen) atoms. The lowest BCUT2D eigenvalue weighted by atomic mass is 10.0. The van der Waals surface area contributed by atoms with E-state index in [1.54, 1.807) is 4.90 Å². The van der Waals surface area contributed by atoms with Gasteiger partial charge in [-0.2, -0.15) is 0 Å². The minimum absolute atomic E-state index is 0.0298. The molecule has 1 aliphatic heterocycles. The maximum absolute atomic E-state index is 12.7. The van der Waals surface area contributed by atoms with Crippen molar-refractivity contribution in [3.05, 3.63) is 59.2 Å². The Hall–Kier alpha value is -2.02. The van der Waals surface area contributed by atoms with Crippen molar-refractivity contribution in [2.75, 3.05) is 45.1 Å². The van der Waals surface area contributed by atoms with E-state index < -0.39 is 10.8 Å². The zero-order chi connectivity index (χ0) is 19.5. The van der Waals surface area contributed by atoms with E-state index in [0.29, 0.717) is 25.4 Å². The number of hydrogen-bond donors (Lipinski definition) is 1. The summed E-state index contributed by atoms with van der Waals surface area (Å²) in [4.78, 5) is 16.5. The van der Waals surface area contributed by atoms with E-state index in [9.17, 15) is 9.00 Å². The maximum Gasteiger partial charge on any atom is 0.235 e. The second kappa shape index (κ2) is 8.55. The van der Waals surface area contributed by atoms with Crippen LogP contribution in [0, 0.1) is 0 Å². The number of rotatable bonds is 6. The van der Waals surface area contributed by atoms with Crippen LogP contribution in [0.25, 0.3) is 11.1 Å². The summed E-state index contributed by atoms with van der Waals surface area (Å²) in [5.74, 6) is 0.474. The van der Waals surface area contributed by atoms with Crippen LogP contribution in [0.3, 0.4) is 0 Å². The molecule has 6 heteroatoms. The molecular weight excluding hydrogens is 372 g/mol. The van der Waals surface area contributed by atoms with Crippen molar-refractivity contribution in [2.45, 2.75) is 12.2 Å². The first-order valence-corrected chi connectivity index (χ1v) is 11.3. The van der Waals surface area contributed by atoms with Gasteiger partial charge in [0, 0.05) is 49.3 Å². The van der Waals surface area contributed by atoms with Crippen LogP contribution in [-0.2, 0) is 27.8 Å². The van der Waals surface area contributed by atoms with Crippen molar-refractivity contribution in [1.82, 2.24) is 9.80 Å². The number of amides is 1. The van der Waals surface area contributed by atoms with Gasteiger partial charge in [0.05, 0.1) is 6.61 Å². The highest BCUT2D eigenvalue weighted by molar-refractivity contribution is 7.84. The molecule has 1 saturated heterocycles. The van der Waals surface area contributed by atoms with Gasteiger partial charge in [0.15, 0.2) is 0 Å². The van der Waals surface area contributed by atoms with Crippen LogP contribution in [-0.4, -0.2) is 70.1 Å². The lowest BCUT2D eigenvalue weighted by Gasteiger charge is -2.34. The molecule has 1 amide bonds. The molecule has 1 N–H and O–H groups in total. The van der Waals surface area contributed by atoms with E-state index in [4.69, 9.17) is 5.11 Å². The predicted molar refractivity (Wildman–Crippen MR) is 112 cm³/mol. The first kappa shape index (κ1) is 19.3. The van der Waals surface area contributed by atoms with Crippen molar-refractivity contribution >= 4 is 16.7 Å². The second-order valence-electron chi connectivity index (χ2n) is 7.45. The number of β-amino-alcohol motifs (C(OH)–C–C–N with tert-alkyl or cyclic N) is 1. The van der Waals surface area contributed by atoms with Gasteiger partial charge in [-0.1, -0.05) is 42.5 Å². The summed E-state index contributed by atoms with van der Waals surface area (Å²) in [6.45, 7) is 3.61. The topological polar surface area (TPSA) is 60.9 Å². The monoisotopic (exact) mass is 398 g/mol. The van der Waals surface area contributed by atoms with Gasteiger partial charge in [-0.25, -0.2) is 0 Å². The van der Waals surface area contributed by atoms with Crippen molar-refractivity contribution in [1.29, 1.82) is 0 Å². The summed E-state index contributed by atoms with van der Waals surface area (Å²) in [7, 11) is -1.22. The average Bonchev–Trinajstić information content (AvgIpc) is 3.09. The highest BCUT2D eigenvalue weighted by Crippen LogP contribution is 2.38. The van der Waals surface area contributed by atoms with Crippen LogP contribution in [0.1, 0.15) is 16.7 Å². The molecule has 1 heterocycles. The third-order valence-electron chi connectivity index (χ3n) is 5.69. The molecule has 1 aliphatic carbocycles. The molecule has 0 radical (unpaired) electrons. The fourth-order valence-electron chi connectivity index (χ4n) is 4.17. The van der Waals surface area contributed by atoms with Gasteiger partial charge in [0.2, 0.25) is 5.91 Å². The van der Waals surface area contributed by atoms with Crippen LogP contribution in [0.5, 0.6) is 0 Å². The third kappa shape index (κ3) is 4.04. The number of fused-ring (bicyclic) bond motifs is 3. The number of piperazine rings is 1. The Kier molecular flexibility index (Phi) is 5.90. The van der Waals surface area contributed by atoms with Crippen molar-refractivity contribution < 1.29 is 14.1 Å². The summed E-state index contributed by atoms with van der Waals surface area (Å²) < 4.78 is 12.7. The number of hydrogen-bond acceptors (Lipinski definition) is 4. The molecule has 2 aliphatic rings. The third-order valence-corrected chi connectivity index (χ3v) is 6.89. The lowest BCUT2D eigenvalue weighted by Crippen LogP contribution is -2.50. The fourth-order valence-corrected chi connectivity index (χ4v) is 5.35. The summed E-state index contributed by atoms with van der Waals surface area (Å²) in [5, 5.41) is 9.01. The van der Waals surface area contributed by atoms with Crippen molar-refractivity contribution in [2.24, 2.45) is 0 Å². The smallest absolute Gasteiger partial charge is 0.235 e. The Morgan fingerprint density at radius 3 is 2.54 bits per heavy atom. The minimum atomic E-state index is -1.22. The highest BCUT2D eigenvalue weighted by Gasteiger charge is 2.24. The van der Waals surface area contributed by atoms with Gasteiger partial charge in [0.1, 0.15) is 5.75 Å². The normalized spacial score (nSPS) is 17.2. The SMILES string of the molecule is O=C(CS(=O)Cc1cccc2c1Cc1ccccc1-2)N1CCN(CCO)CC1. The van der Waals surface area contributed by atoms with Gasteiger partial charge in [-0.05, 0) is 34.2 Å². The maximum atomic E-state index is 12.7. The van der Waals surface area contributed by atoms with Gasteiger partial charge in [-0.3, -0.25) is 13.9 Å². The molecule has 0 bridgehead atoms. The lowest BCUT2D eigenvalue weighted by molar-refractivity contribution is -0.130. The first-order valence-electron chi connectivity index (χ1n) is 9.80. The molecule has 1 fully saturated rings. The molecule has 1 unspecified atom stereocenters. The number of nitrogens with zero attached hydrogens (tertiary/aromatic N) is 2. The number of carbonyl (C=O) groups excluding carboxylic acids is 1. The molecule has 5 nitrogen and oxygen atoms in total. The minimum Gasteiger partial charge on any atom is -0.395 e. The second-order valence-corrected chi connectivity index (χ2v) is 8.91. The zero-order valence-corrected chi connectivity index (χ0v) is 16.8. The van der Waals surface area contributed by atoms with Crippen molar-refractivity contribution in [3.63, 3.8) is 0 Å². The predicted octanol–water partition coefficient (Wildman–Crippen LogP) is 1.64. The molecule has 0 aromatic heterocycles. The summed E-state index contributed by atoms with van der Waals surface area (Å²) >= 11 is 0. The van der Waals surface area contributed by atoms with E-state index in [-0.39, 0.29) is 18.3 Å². The molecular formula is C22H26N2O3S. The number of carbonyl (C=O) groups is 1. The van der Waals surface area contributed by atoms with E-state index in [2.05, 4.69) is 35.2 Å². The number of aliphatic hydroxyl groups excluding tert-OH is 1. The standard InChI is InChI=1S/C22H26N2O3S/c25-13-12-23-8-10-24(11-9-23)22(26)16-28(27)15-18-5-3-7-20-19-6-2-1-4-17(19)14-21(18)20/h1-7,25H,8-16H2. The van der Waals surface area contributed by atoms with Gasteiger partial charge >= 0.3 is 0 Å². The summed E-state index contributed by atoms with van der Waals surface area (Å²) in [6.07, 6.45) is 0.875. The Morgan fingerprint density at radius 1 is 1.00 bits per heavy atom. The van der Waals surface area contributed by atoms with Crippen LogP contribution in [0.15, 0.2) is 42.5 Å². The molecule has 148 valence electrons. The fraction of sp³-hybridized carbons (Fsp3) is 0.409. The Morgan fingerprint density at radius 2 is 1.75 bits per heavy atom. The van der Waals surface area contributed by atoms with E-state index in [1.165, 1.54) is 22.3 Å².